The Labute approximate surface area is 165 Å². The Morgan fingerprint density at radius 1 is 0.750 bits per heavy atom. The number of amides is 2. The topological polar surface area (TPSA) is 54.5 Å². The monoisotopic (exact) mass is 387 g/mol. The van der Waals surface area contributed by atoms with Crippen LogP contribution in [-0.4, -0.2) is 21.3 Å². The molecule has 5 rings (SSSR count). The average molecular weight is 387 g/mol. The minimum atomic E-state index is -1.55. The molecule has 138 valence electrons. The second kappa shape index (κ2) is 6.53. The molecule has 0 saturated carbocycles. The standard InChI is InChI=1S/C23H17NO3S/c25-21-14-20(23(26)24(21)15-8-2-1-3-9-15)28(27)22-18-12-6-4-10-16(18)17-11-5-7-13-19(17)22/h1-13,20,22H,14H2. The van der Waals surface area contributed by atoms with Gasteiger partial charge < -0.3 is 0 Å². The summed E-state index contributed by atoms with van der Waals surface area (Å²) in [5.41, 5.74) is 4.55. The second-order valence-electron chi connectivity index (χ2n) is 6.98. The summed E-state index contributed by atoms with van der Waals surface area (Å²) in [4.78, 5) is 26.8. The fourth-order valence-corrected chi connectivity index (χ4v) is 6.01. The molecule has 0 aromatic heterocycles. The van der Waals surface area contributed by atoms with Crippen molar-refractivity contribution in [1.82, 2.24) is 0 Å². The molecule has 3 aromatic carbocycles. The number of benzene rings is 3. The van der Waals surface area contributed by atoms with E-state index in [-0.39, 0.29) is 18.2 Å². The molecule has 2 aliphatic rings. The fourth-order valence-electron chi connectivity index (χ4n) is 4.16. The van der Waals surface area contributed by atoms with E-state index in [0.29, 0.717) is 5.69 Å². The predicted molar refractivity (Wildman–Crippen MR) is 109 cm³/mol. The zero-order chi connectivity index (χ0) is 19.3. The van der Waals surface area contributed by atoms with Crippen molar-refractivity contribution in [2.45, 2.75) is 16.9 Å². The van der Waals surface area contributed by atoms with Crippen molar-refractivity contribution in [3.05, 3.63) is 90.0 Å². The summed E-state index contributed by atoms with van der Waals surface area (Å²) in [5.74, 6) is -0.675. The van der Waals surface area contributed by atoms with Crippen molar-refractivity contribution in [3.8, 4) is 11.1 Å². The normalized spacial score (nSPS) is 19.6. The van der Waals surface area contributed by atoms with Gasteiger partial charge in [0.25, 0.3) is 0 Å². The highest BCUT2D eigenvalue weighted by Crippen LogP contribution is 2.47. The molecule has 2 unspecified atom stereocenters. The third kappa shape index (κ3) is 2.47. The minimum Gasteiger partial charge on any atom is -0.274 e. The van der Waals surface area contributed by atoms with E-state index in [0.717, 1.165) is 22.3 Å². The molecule has 3 aromatic rings. The predicted octanol–water partition coefficient (Wildman–Crippen LogP) is 3.84. The summed E-state index contributed by atoms with van der Waals surface area (Å²) >= 11 is 0. The molecule has 1 fully saturated rings. The van der Waals surface area contributed by atoms with E-state index >= 15 is 0 Å². The lowest BCUT2D eigenvalue weighted by atomic mass is 10.1. The van der Waals surface area contributed by atoms with Crippen LogP contribution < -0.4 is 4.90 Å². The number of imide groups is 1. The van der Waals surface area contributed by atoms with Crippen LogP contribution in [0.1, 0.15) is 22.8 Å². The smallest absolute Gasteiger partial charge is 0.250 e. The molecule has 1 heterocycles. The van der Waals surface area contributed by atoms with Crippen molar-refractivity contribution in [2.75, 3.05) is 4.90 Å². The Bertz CT molecular complexity index is 1080. The van der Waals surface area contributed by atoms with Crippen molar-refractivity contribution < 1.29 is 13.8 Å². The van der Waals surface area contributed by atoms with Crippen LogP contribution in [0.15, 0.2) is 78.9 Å². The van der Waals surface area contributed by atoms with Gasteiger partial charge in [-0.05, 0) is 34.4 Å². The maximum Gasteiger partial charge on any atom is 0.250 e. The molecule has 1 saturated heterocycles. The fraction of sp³-hybridized carbons (Fsp3) is 0.130. The summed E-state index contributed by atoms with van der Waals surface area (Å²) in [5, 5.41) is -1.23. The highest BCUT2D eigenvalue weighted by atomic mass is 32.2. The maximum absolute atomic E-state index is 13.6. The average Bonchev–Trinajstić information content (AvgIpc) is 3.22. The highest BCUT2D eigenvalue weighted by Gasteiger charge is 2.47. The molecule has 0 spiro atoms. The lowest BCUT2D eigenvalue weighted by molar-refractivity contribution is -0.121. The van der Waals surface area contributed by atoms with Crippen LogP contribution in [0.25, 0.3) is 11.1 Å². The minimum absolute atomic E-state index is 0.0266. The summed E-state index contributed by atoms with van der Waals surface area (Å²) < 4.78 is 13.6. The summed E-state index contributed by atoms with van der Waals surface area (Å²) in [6, 6.07) is 24.6. The lowest BCUT2D eigenvalue weighted by Crippen LogP contribution is -2.34. The van der Waals surface area contributed by atoms with E-state index in [1.54, 1.807) is 24.3 Å². The van der Waals surface area contributed by atoms with Gasteiger partial charge in [-0.1, -0.05) is 66.7 Å². The van der Waals surface area contributed by atoms with E-state index in [4.69, 9.17) is 0 Å². The zero-order valence-corrected chi connectivity index (χ0v) is 15.8. The molecule has 1 aliphatic carbocycles. The van der Waals surface area contributed by atoms with Crippen LogP contribution in [0.3, 0.4) is 0 Å². The molecule has 0 N–H and O–H groups in total. The third-order valence-corrected chi connectivity index (χ3v) is 7.31. The van der Waals surface area contributed by atoms with Gasteiger partial charge in [-0.2, -0.15) is 0 Å². The van der Waals surface area contributed by atoms with E-state index in [1.807, 2.05) is 54.6 Å². The maximum atomic E-state index is 13.6. The number of hydrogen-bond donors (Lipinski definition) is 0. The molecule has 2 amide bonds. The van der Waals surface area contributed by atoms with Gasteiger partial charge >= 0.3 is 0 Å². The van der Waals surface area contributed by atoms with Crippen molar-refractivity contribution in [1.29, 1.82) is 0 Å². The molecule has 5 heteroatoms. The van der Waals surface area contributed by atoms with E-state index in [1.165, 1.54) is 4.90 Å². The Hall–Kier alpha value is -3.05. The first-order valence-electron chi connectivity index (χ1n) is 9.16. The van der Waals surface area contributed by atoms with Gasteiger partial charge in [0.2, 0.25) is 11.8 Å². The molecule has 28 heavy (non-hydrogen) atoms. The lowest BCUT2D eigenvalue weighted by Gasteiger charge is -2.18. The molecule has 4 nitrogen and oxygen atoms in total. The van der Waals surface area contributed by atoms with Crippen LogP contribution in [0, 0.1) is 0 Å². The summed E-state index contributed by atoms with van der Waals surface area (Å²) in [6.07, 6.45) is -0.0266. The first kappa shape index (κ1) is 17.1. The van der Waals surface area contributed by atoms with Gasteiger partial charge in [-0.25, -0.2) is 4.90 Å². The molecule has 0 radical (unpaired) electrons. The number of anilines is 1. The Balaban J connectivity index is 1.54. The van der Waals surface area contributed by atoms with E-state index < -0.39 is 21.3 Å². The molecule has 2 atom stereocenters. The summed E-state index contributed by atoms with van der Waals surface area (Å²) in [6.45, 7) is 0. The van der Waals surface area contributed by atoms with Gasteiger partial charge in [-0.3, -0.25) is 13.8 Å². The number of nitrogens with zero attached hydrogens (tertiary/aromatic N) is 1. The van der Waals surface area contributed by atoms with Crippen LogP contribution in [0.4, 0.5) is 5.69 Å². The van der Waals surface area contributed by atoms with Gasteiger partial charge in [-0.15, -0.1) is 0 Å². The van der Waals surface area contributed by atoms with Crippen molar-refractivity contribution in [3.63, 3.8) is 0 Å². The van der Waals surface area contributed by atoms with E-state index in [9.17, 15) is 13.8 Å². The Morgan fingerprint density at radius 3 is 1.89 bits per heavy atom. The Kier molecular flexibility index (Phi) is 3.98. The van der Waals surface area contributed by atoms with Gasteiger partial charge in [0, 0.05) is 10.8 Å². The quantitative estimate of drug-likeness (QED) is 0.642. The molecule has 1 aliphatic heterocycles. The van der Waals surface area contributed by atoms with Crippen LogP contribution in [0.5, 0.6) is 0 Å². The van der Waals surface area contributed by atoms with Crippen molar-refractivity contribution in [2.24, 2.45) is 0 Å². The number of rotatable bonds is 3. The number of carbonyl (C=O) groups excluding carboxylic acids is 2. The van der Waals surface area contributed by atoms with Crippen LogP contribution >= 0.6 is 0 Å². The first-order chi connectivity index (χ1) is 13.7. The largest absolute Gasteiger partial charge is 0.274 e. The number of para-hydroxylation sites is 1. The SMILES string of the molecule is O=C1CC(S(=O)C2c3ccccc3-c3ccccc32)C(=O)N1c1ccccc1. The zero-order valence-electron chi connectivity index (χ0n) is 14.9. The van der Waals surface area contributed by atoms with E-state index in [2.05, 4.69) is 0 Å². The third-order valence-electron chi connectivity index (χ3n) is 5.41. The van der Waals surface area contributed by atoms with Gasteiger partial charge in [0.05, 0.1) is 17.4 Å². The first-order valence-corrected chi connectivity index (χ1v) is 10.4. The highest BCUT2D eigenvalue weighted by molar-refractivity contribution is 7.87. The number of carbonyl (C=O) groups is 2. The second-order valence-corrected chi connectivity index (χ2v) is 8.68. The molecular formula is C23H17NO3S. The summed E-state index contributed by atoms with van der Waals surface area (Å²) in [7, 11) is -1.55. The number of fused-ring (bicyclic) bond motifs is 3. The van der Waals surface area contributed by atoms with Crippen LogP contribution in [-0.2, 0) is 20.4 Å². The Morgan fingerprint density at radius 2 is 1.29 bits per heavy atom. The molecular weight excluding hydrogens is 370 g/mol. The number of hydrogen-bond acceptors (Lipinski definition) is 3. The van der Waals surface area contributed by atoms with Gasteiger partial charge in [0.15, 0.2) is 0 Å². The van der Waals surface area contributed by atoms with Gasteiger partial charge in [0.1, 0.15) is 5.25 Å². The van der Waals surface area contributed by atoms with Crippen molar-refractivity contribution >= 4 is 28.3 Å². The molecule has 0 bridgehead atoms. The van der Waals surface area contributed by atoms with Crippen LogP contribution in [0.2, 0.25) is 0 Å².